The third-order valence-electron chi connectivity index (χ3n) is 4.84. The molecule has 0 spiro atoms. The molecule has 1 atom stereocenters. The van der Waals surface area contributed by atoms with Crippen molar-refractivity contribution in [3.8, 4) is 11.4 Å². The molecule has 0 aliphatic rings. The van der Waals surface area contributed by atoms with E-state index in [0.29, 0.717) is 11.4 Å². The van der Waals surface area contributed by atoms with Crippen molar-refractivity contribution in [2.75, 3.05) is 20.4 Å². The summed E-state index contributed by atoms with van der Waals surface area (Å²) in [6.07, 6.45) is 1.07. The molecule has 2 aromatic carbocycles. The van der Waals surface area contributed by atoms with Gasteiger partial charge in [0.15, 0.2) is 0 Å². The Hall–Kier alpha value is -3.04. The Morgan fingerprint density at radius 3 is 2.33 bits per heavy atom. The SMILES string of the molecule is Cc1ccccc1-c1noc(CN(C)C(=O)[C@@H](c2ccccc2)N(C)S(C)(=O)=O)n1. The van der Waals surface area contributed by atoms with E-state index < -0.39 is 22.0 Å². The van der Waals surface area contributed by atoms with Crippen LogP contribution in [-0.2, 0) is 21.4 Å². The largest absolute Gasteiger partial charge is 0.337 e. The van der Waals surface area contributed by atoms with Crippen molar-refractivity contribution in [3.05, 3.63) is 71.6 Å². The first-order valence-corrected chi connectivity index (χ1v) is 11.1. The summed E-state index contributed by atoms with van der Waals surface area (Å²) in [4.78, 5) is 19.0. The quantitative estimate of drug-likeness (QED) is 0.574. The van der Waals surface area contributed by atoms with Gasteiger partial charge in [0, 0.05) is 19.7 Å². The molecule has 0 saturated heterocycles. The molecule has 0 saturated carbocycles. The summed E-state index contributed by atoms with van der Waals surface area (Å²) < 4.78 is 30.7. The first-order chi connectivity index (χ1) is 14.2. The van der Waals surface area contributed by atoms with Gasteiger partial charge in [-0.15, -0.1) is 0 Å². The standard InChI is InChI=1S/C21H24N4O4S/c1-15-10-8-9-13-17(15)20-22-18(29-23-20)14-24(2)21(26)19(25(3)30(4,27)28)16-11-6-5-7-12-16/h5-13,19H,14H2,1-4H3/t19-/m1/s1. The highest BCUT2D eigenvalue weighted by Gasteiger charge is 2.33. The Morgan fingerprint density at radius 2 is 1.70 bits per heavy atom. The van der Waals surface area contributed by atoms with Crippen LogP contribution in [0.2, 0.25) is 0 Å². The van der Waals surface area contributed by atoms with E-state index in [-0.39, 0.29) is 12.4 Å². The van der Waals surface area contributed by atoms with Gasteiger partial charge in [0.25, 0.3) is 0 Å². The summed E-state index contributed by atoms with van der Waals surface area (Å²) in [6.45, 7) is 2.01. The van der Waals surface area contributed by atoms with Crippen molar-refractivity contribution in [3.63, 3.8) is 0 Å². The molecule has 8 nitrogen and oxygen atoms in total. The Kier molecular flexibility index (Phi) is 6.33. The van der Waals surface area contributed by atoms with Crippen molar-refractivity contribution in [1.29, 1.82) is 0 Å². The number of likely N-dealkylation sites (N-methyl/N-ethyl adjacent to an activating group) is 2. The number of hydrogen-bond donors (Lipinski definition) is 0. The smallest absolute Gasteiger partial charge is 0.246 e. The number of nitrogens with zero attached hydrogens (tertiary/aromatic N) is 4. The lowest BCUT2D eigenvalue weighted by atomic mass is 10.1. The molecular weight excluding hydrogens is 404 g/mol. The fraction of sp³-hybridized carbons (Fsp3) is 0.286. The van der Waals surface area contributed by atoms with Crippen molar-refractivity contribution >= 4 is 15.9 Å². The van der Waals surface area contributed by atoms with Gasteiger partial charge in [0.05, 0.1) is 12.8 Å². The van der Waals surface area contributed by atoms with Gasteiger partial charge in [-0.05, 0) is 18.1 Å². The molecule has 1 amide bonds. The van der Waals surface area contributed by atoms with Crippen LogP contribution < -0.4 is 0 Å². The highest BCUT2D eigenvalue weighted by molar-refractivity contribution is 7.88. The van der Waals surface area contributed by atoms with Crippen LogP contribution in [-0.4, -0.2) is 54.0 Å². The number of benzene rings is 2. The third kappa shape index (κ3) is 4.74. The molecule has 0 radical (unpaired) electrons. The van der Waals surface area contributed by atoms with Gasteiger partial charge >= 0.3 is 0 Å². The monoisotopic (exact) mass is 428 g/mol. The number of sulfonamides is 1. The zero-order chi connectivity index (χ0) is 21.9. The maximum Gasteiger partial charge on any atom is 0.246 e. The highest BCUT2D eigenvalue weighted by atomic mass is 32.2. The zero-order valence-corrected chi connectivity index (χ0v) is 18.1. The van der Waals surface area contributed by atoms with E-state index in [1.54, 1.807) is 37.4 Å². The maximum absolute atomic E-state index is 13.2. The summed E-state index contributed by atoms with van der Waals surface area (Å²) in [7, 11) is -0.638. The van der Waals surface area contributed by atoms with Crippen molar-refractivity contribution < 1.29 is 17.7 Å². The lowest BCUT2D eigenvalue weighted by Gasteiger charge is -2.29. The van der Waals surface area contributed by atoms with Crippen LogP contribution in [0.3, 0.4) is 0 Å². The predicted molar refractivity (Wildman–Crippen MR) is 113 cm³/mol. The van der Waals surface area contributed by atoms with Crippen LogP contribution in [0.5, 0.6) is 0 Å². The molecule has 3 aromatic rings. The molecule has 0 aliphatic heterocycles. The molecule has 0 bridgehead atoms. The Balaban J connectivity index is 1.84. The first-order valence-electron chi connectivity index (χ1n) is 9.30. The van der Waals surface area contributed by atoms with Crippen LogP contribution in [0.1, 0.15) is 23.1 Å². The Morgan fingerprint density at radius 1 is 1.07 bits per heavy atom. The van der Waals surface area contributed by atoms with E-state index in [1.807, 2.05) is 31.2 Å². The average molecular weight is 429 g/mol. The summed E-state index contributed by atoms with van der Waals surface area (Å²) in [6, 6.07) is 15.4. The predicted octanol–water partition coefficient (Wildman–Crippen LogP) is 2.64. The van der Waals surface area contributed by atoms with Crippen LogP contribution >= 0.6 is 0 Å². The number of amides is 1. The van der Waals surface area contributed by atoms with Crippen LogP contribution in [0.15, 0.2) is 59.1 Å². The number of aryl methyl sites for hydroxylation is 1. The fourth-order valence-corrected chi connectivity index (χ4v) is 3.67. The fourth-order valence-electron chi connectivity index (χ4n) is 3.08. The minimum absolute atomic E-state index is 0.0542. The second-order valence-electron chi connectivity index (χ2n) is 7.11. The molecule has 158 valence electrons. The molecule has 0 aliphatic carbocycles. The molecule has 0 fully saturated rings. The molecule has 3 rings (SSSR count). The van der Waals surface area contributed by atoms with Gasteiger partial charge in [0.2, 0.25) is 27.6 Å². The van der Waals surface area contributed by atoms with Crippen molar-refractivity contribution in [1.82, 2.24) is 19.3 Å². The number of carbonyl (C=O) groups excluding carboxylic acids is 1. The number of hydrogen-bond acceptors (Lipinski definition) is 6. The summed E-state index contributed by atoms with van der Waals surface area (Å²) in [5, 5.41) is 4.01. The molecule has 0 unspecified atom stereocenters. The van der Waals surface area contributed by atoms with Gasteiger partial charge in [-0.3, -0.25) is 4.79 Å². The Bertz CT molecular complexity index is 1130. The average Bonchev–Trinajstić information content (AvgIpc) is 3.16. The van der Waals surface area contributed by atoms with Crippen molar-refractivity contribution in [2.45, 2.75) is 19.5 Å². The summed E-state index contributed by atoms with van der Waals surface area (Å²) in [5.41, 5.74) is 2.43. The van der Waals surface area contributed by atoms with Gasteiger partial charge < -0.3 is 9.42 Å². The first kappa shape index (κ1) is 21.7. The lowest BCUT2D eigenvalue weighted by Crippen LogP contribution is -2.41. The van der Waals surface area contributed by atoms with Crippen LogP contribution in [0, 0.1) is 6.92 Å². The van der Waals surface area contributed by atoms with Gasteiger partial charge in [-0.25, -0.2) is 8.42 Å². The van der Waals surface area contributed by atoms with E-state index in [9.17, 15) is 13.2 Å². The van der Waals surface area contributed by atoms with E-state index in [1.165, 1.54) is 11.9 Å². The second-order valence-corrected chi connectivity index (χ2v) is 9.16. The van der Waals surface area contributed by atoms with Gasteiger partial charge in [-0.1, -0.05) is 59.8 Å². The second kappa shape index (κ2) is 8.76. The topological polar surface area (TPSA) is 96.6 Å². The van der Waals surface area contributed by atoms with Gasteiger partial charge in [0.1, 0.15) is 6.04 Å². The normalized spacial score (nSPS) is 12.7. The Labute approximate surface area is 176 Å². The van der Waals surface area contributed by atoms with E-state index in [0.717, 1.165) is 21.7 Å². The minimum Gasteiger partial charge on any atom is -0.337 e. The summed E-state index contributed by atoms with van der Waals surface area (Å²) in [5.74, 6) is 0.305. The lowest BCUT2D eigenvalue weighted by molar-refractivity contribution is -0.134. The summed E-state index contributed by atoms with van der Waals surface area (Å²) >= 11 is 0. The molecule has 1 aromatic heterocycles. The highest BCUT2D eigenvalue weighted by Crippen LogP contribution is 2.25. The van der Waals surface area contributed by atoms with E-state index in [4.69, 9.17) is 4.52 Å². The maximum atomic E-state index is 13.2. The molecule has 30 heavy (non-hydrogen) atoms. The molecule has 9 heteroatoms. The zero-order valence-electron chi connectivity index (χ0n) is 17.3. The number of aromatic nitrogens is 2. The minimum atomic E-state index is -3.60. The van der Waals surface area contributed by atoms with E-state index in [2.05, 4.69) is 10.1 Å². The molecule has 1 heterocycles. The molecular formula is C21H24N4O4S. The molecule has 0 N–H and O–H groups in total. The van der Waals surface area contributed by atoms with Crippen LogP contribution in [0.4, 0.5) is 0 Å². The van der Waals surface area contributed by atoms with Crippen molar-refractivity contribution in [2.24, 2.45) is 0 Å². The third-order valence-corrected chi connectivity index (χ3v) is 6.10. The van der Waals surface area contributed by atoms with Crippen LogP contribution in [0.25, 0.3) is 11.4 Å². The van der Waals surface area contributed by atoms with E-state index >= 15 is 0 Å². The number of rotatable bonds is 7. The number of carbonyl (C=O) groups is 1. The van der Waals surface area contributed by atoms with Gasteiger partial charge in [-0.2, -0.15) is 9.29 Å².